The lowest BCUT2D eigenvalue weighted by Crippen LogP contribution is -2.15. The second kappa shape index (κ2) is 5.31. The van der Waals surface area contributed by atoms with E-state index in [0.29, 0.717) is 0 Å². The molecule has 3 aromatic rings. The molecule has 0 spiro atoms. The molecular formula is C16H10ClFIN3. The minimum Gasteiger partial charge on any atom is -0.325 e. The highest BCUT2D eigenvalue weighted by atomic mass is 127. The number of hydrogen-bond donors (Lipinski definition) is 0. The topological polar surface area (TPSA) is 29.0 Å². The normalized spacial score (nSPS) is 13.7. The highest BCUT2D eigenvalue weighted by Gasteiger charge is 2.24. The van der Waals surface area contributed by atoms with Crippen LogP contribution in [0.15, 0.2) is 36.7 Å². The van der Waals surface area contributed by atoms with Gasteiger partial charge in [-0.15, -0.1) is 0 Å². The number of halogens is 3. The molecule has 0 fully saturated rings. The van der Waals surface area contributed by atoms with Crippen LogP contribution in [0, 0.1) is 9.39 Å². The molecule has 4 rings (SSSR count). The monoisotopic (exact) mass is 425 g/mol. The van der Waals surface area contributed by atoms with E-state index in [1.807, 2.05) is 12.1 Å². The van der Waals surface area contributed by atoms with Crippen LogP contribution in [0.3, 0.4) is 0 Å². The van der Waals surface area contributed by atoms with Gasteiger partial charge < -0.3 is 4.90 Å². The van der Waals surface area contributed by atoms with Gasteiger partial charge in [0.15, 0.2) is 0 Å². The summed E-state index contributed by atoms with van der Waals surface area (Å²) in [6, 6.07) is 9.26. The maximum Gasteiger partial charge on any atom is 0.144 e. The Morgan fingerprint density at radius 3 is 2.91 bits per heavy atom. The SMILES string of the molecule is Fc1cc2c(cc1Cl)N(c1ncnc3ccc(I)cc13)CC2. The van der Waals surface area contributed by atoms with Crippen LogP contribution < -0.4 is 4.90 Å². The highest BCUT2D eigenvalue weighted by Crippen LogP contribution is 2.39. The molecule has 22 heavy (non-hydrogen) atoms. The maximum atomic E-state index is 13.6. The molecule has 3 nitrogen and oxygen atoms in total. The Labute approximate surface area is 145 Å². The molecule has 2 heterocycles. The van der Waals surface area contributed by atoms with Crippen molar-refractivity contribution in [2.75, 3.05) is 11.4 Å². The Morgan fingerprint density at radius 2 is 2.05 bits per heavy atom. The number of fused-ring (bicyclic) bond motifs is 2. The summed E-state index contributed by atoms with van der Waals surface area (Å²) >= 11 is 8.23. The zero-order chi connectivity index (χ0) is 15.3. The van der Waals surface area contributed by atoms with Crippen molar-refractivity contribution < 1.29 is 4.39 Å². The zero-order valence-electron chi connectivity index (χ0n) is 11.4. The number of rotatable bonds is 1. The standard InChI is InChI=1S/C16H10ClFIN3/c17-12-7-15-9(5-13(12)18)3-4-22(15)16-11-6-10(19)1-2-14(11)20-8-21-16/h1-2,5-8H,3-4H2. The van der Waals surface area contributed by atoms with Gasteiger partial charge in [-0.2, -0.15) is 0 Å². The van der Waals surface area contributed by atoms with E-state index >= 15 is 0 Å². The van der Waals surface area contributed by atoms with E-state index < -0.39 is 0 Å². The number of benzene rings is 2. The van der Waals surface area contributed by atoms with Crippen molar-refractivity contribution in [2.24, 2.45) is 0 Å². The molecule has 0 N–H and O–H groups in total. The van der Waals surface area contributed by atoms with E-state index in [9.17, 15) is 4.39 Å². The van der Waals surface area contributed by atoms with Gasteiger partial charge in [0.1, 0.15) is 18.0 Å². The van der Waals surface area contributed by atoms with Gasteiger partial charge in [-0.05, 0) is 64.9 Å². The first-order chi connectivity index (χ1) is 10.6. The lowest BCUT2D eigenvalue weighted by molar-refractivity contribution is 0.627. The number of anilines is 2. The Kier molecular flexibility index (Phi) is 3.41. The van der Waals surface area contributed by atoms with E-state index in [-0.39, 0.29) is 10.8 Å². The van der Waals surface area contributed by atoms with Crippen LogP contribution in [0.5, 0.6) is 0 Å². The third-order valence-electron chi connectivity index (χ3n) is 3.85. The number of nitrogens with zero attached hydrogens (tertiary/aromatic N) is 3. The summed E-state index contributed by atoms with van der Waals surface area (Å²) in [5, 5.41) is 1.13. The second-order valence-corrected chi connectivity index (χ2v) is 6.81. The summed E-state index contributed by atoms with van der Waals surface area (Å²) in [6.07, 6.45) is 2.34. The highest BCUT2D eigenvalue weighted by molar-refractivity contribution is 14.1. The summed E-state index contributed by atoms with van der Waals surface area (Å²) in [7, 11) is 0. The maximum absolute atomic E-state index is 13.6. The molecule has 110 valence electrons. The minimum absolute atomic E-state index is 0.138. The predicted molar refractivity (Wildman–Crippen MR) is 94.4 cm³/mol. The molecule has 0 saturated heterocycles. The molecule has 0 saturated carbocycles. The second-order valence-electron chi connectivity index (χ2n) is 5.16. The van der Waals surface area contributed by atoms with E-state index in [2.05, 4.69) is 43.5 Å². The van der Waals surface area contributed by atoms with Crippen LogP contribution in [0.4, 0.5) is 15.9 Å². The molecule has 0 unspecified atom stereocenters. The number of aromatic nitrogens is 2. The van der Waals surface area contributed by atoms with Gasteiger partial charge in [-0.1, -0.05) is 11.6 Å². The van der Waals surface area contributed by atoms with E-state index in [1.54, 1.807) is 12.4 Å². The van der Waals surface area contributed by atoms with Crippen molar-refractivity contribution in [3.05, 3.63) is 56.6 Å². The summed E-state index contributed by atoms with van der Waals surface area (Å²) in [6.45, 7) is 0.757. The first kappa shape index (κ1) is 14.1. The molecule has 1 aromatic heterocycles. The van der Waals surface area contributed by atoms with Crippen LogP contribution >= 0.6 is 34.2 Å². The largest absolute Gasteiger partial charge is 0.325 e. The molecule has 1 aliphatic heterocycles. The summed E-state index contributed by atoms with van der Waals surface area (Å²) in [4.78, 5) is 10.9. The van der Waals surface area contributed by atoms with Gasteiger partial charge in [-0.3, -0.25) is 0 Å². The third-order valence-corrected chi connectivity index (χ3v) is 4.81. The van der Waals surface area contributed by atoms with Crippen molar-refractivity contribution in [3.63, 3.8) is 0 Å². The molecule has 0 atom stereocenters. The summed E-state index contributed by atoms with van der Waals surface area (Å²) in [5.41, 5.74) is 2.77. The Balaban J connectivity index is 1.92. The first-order valence-corrected chi connectivity index (χ1v) is 8.25. The average Bonchev–Trinajstić information content (AvgIpc) is 2.90. The van der Waals surface area contributed by atoms with Gasteiger partial charge in [0.25, 0.3) is 0 Å². The fourth-order valence-electron chi connectivity index (χ4n) is 2.83. The van der Waals surface area contributed by atoms with Crippen LogP contribution in [-0.2, 0) is 6.42 Å². The minimum atomic E-state index is -0.371. The first-order valence-electron chi connectivity index (χ1n) is 6.79. The fraction of sp³-hybridized carbons (Fsp3) is 0.125. The van der Waals surface area contributed by atoms with Gasteiger partial charge in [-0.25, -0.2) is 14.4 Å². The van der Waals surface area contributed by atoms with Crippen molar-refractivity contribution in [3.8, 4) is 0 Å². The van der Waals surface area contributed by atoms with E-state index in [1.165, 1.54) is 6.07 Å². The Hall–Kier alpha value is -1.47. The lowest BCUT2D eigenvalue weighted by atomic mass is 10.1. The van der Waals surface area contributed by atoms with Crippen LogP contribution in [-0.4, -0.2) is 16.5 Å². The molecular weight excluding hydrogens is 416 g/mol. The molecule has 6 heteroatoms. The van der Waals surface area contributed by atoms with Crippen LogP contribution in [0.25, 0.3) is 10.9 Å². The van der Waals surface area contributed by atoms with Crippen LogP contribution in [0.1, 0.15) is 5.56 Å². The molecule has 0 amide bonds. The number of hydrogen-bond acceptors (Lipinski definition) is 3. The average molecular weight is 426 g/mol. The lowest BCUT2D eigenvalue weighted by Gasteiger charge is -2.20. The van der Waals surface area contributed by atoms with Gasteiger partial charge in [0.2, 0.25) is 0 Å². The summed E-state index contributed by atoms with van der Waals surface area (Å²) in [5.74, 6) is 0.467. The van der Waals surface area contributed by atoms with Crippen molar-refractivity contribution in [1.82, 2.24) is 9.97 Å². The van der Waals surface area contributed by atoms with Crippen molar-refractivity contribution in [2.45, 2.75) is 6.42 Å². The van der Waals surface area contributed by atoms with E-state index in [0.717, 1.165) is 44.5 Å². The predicted octanol–water partition coefficient (Wildman–Crippen LogP) is 4.72. The van der Waals surface area contributed by atoms with Gasteiger partial charge in [0.05, 0.1) is 10.5 Å². The molecule has 0 bridgehead atoms. The molecule has 1 aliphatic rings. The van der Waals surface area contributed by atoms with Crippen LogP contribution in [0.2, 0.25) is 5.02 Å². The van der Waals surface area contributed by atoms with Gasteiger partial charge in [0, 0.05) is 21.2 Å². The fourth-order valence-corrected chi connectivity index (χ4v) is 3.48. The van der Waals surface area contributed by atoms with Crippen molar-refractivity contribution >= 4 is 56.6 Å². The quantitative estimate of drug-likeness (QED) is 0.528. The van der Waals surface area contributed by atoms with Crippen molar-refractivity contribution in [1.29, 1.82) is 0 Å². The molecule has 0 radical (unpaired) electrons. The third kappa shape index (κ3) is 2.23. The smallest absolute Gasteiger partial charge is 0.144 e. The van der Waals surface area contributed by atoms with E-state index in [4.69, 9.17) is 11.6 Å². The Morgan fingerprint density at radius 1 is 1.18 bits per heavy atom. The zero-order valence-corrected chi connectivity index (χ0v) is 14.3. The van der Waals surface area contributed by atoms with Gasteiger partial charge >= 0.3 is 0 Å². The Bertz CT molecular complexity index is 900. The summed E-state index contributed by atoms with van der Waals surface area (Å²) < 4.78 is 14.8. The molecule has 0 aliphatic carbocycles. The molecule has 2 aromatic carbocycles.